The number of nitrogens with one attached hydrogen (secondary N) is 1. The summed E-state index contributed by atoms with van der Waals surface area (Å²) in [6.45, 7) is 7.32. The molecule has 1 heterocycles. The largest absolute Gasteiger partial charge is 0.343 e. The third kappa shape index (κ3) is 6.59. The summed E-state index contributed by atoms with van der Waals surface area (Å²) in [6, 6.07) is 6.34. The van der Waals surface area contributed by atoms with E-state index in [1.807, 2.05) is 11.8 Å². The molecular weight excluding hydrogens is 368 g/mol. The SMILES string of the molecule is CCCS(=O)(=O)NC1CCN(C(=O)CCSc2ccc(C)c(C)c2)CC1. The van der Waals surface area contributed by atoms with Crippen molar-refractivity contribution in [2.75, 3.05) is 24.6 Å². The number of piperidine rings is 1. The number of nitrogens with zero attached hydrogens (tertiary/aromatic N) is 1. The van der Waals surface area contributed by atoms with Gasteiger partial charge in [-0.25, -0.2) is 13.1 Å². The molecule has 1 fully saturated rings. The van der Waals surface area contributed by atoms with Crippen LogP contribution in [0.3, 0.4) is 0 Å². The normalized spacial score (nSPS) is 16.0. The summed E-state index contributed by atoms with van der Waals surface area (Å²) in [7, 11) is -3.18. The van der Waals surface area contributed by atoms with E-state index in [1.165, 1.54) is 16.0 Å². The molecule has 1 aromatic rings. The lowest BCUT2D eigenvalue weighted by atomic mass is 10.1. The summed E-state index contributed by atoms with van der Waals surface area (Å²) in [6.07, 6.45) is 2.52. The van der Waals surface area contributed by atoms with Crippen molar-refractivity contribution in [3.8, 4) is 0 Å². The molecule has 146 valence electrons. The summed E-state index contributed by atoms with van der Waals surface area (Å²) in [5.41, 5.74) is 2.55. The minimum absolute atomic E-state index is 0.0412. The van der Waals surface area contributed by atoms with Crippen LogP contribution in [0.2, 0.25) is 0 Å². The Kier molecular flexibility index (Phi) is 7.98. The molecule has 1 amide bonds. The Balaban J connectivity index is 1.72. The Morgan fingerprint density at radius 2 is 1.92 bits per heavy atom. The lowest BCUT2D eigenvalue weighted by molar-refractivity contribution is -0.131. The Labute approximate surface area is 162 Å². The first-order chi connectivity index (χ1) is 12.3. The second-order valence-electron chi connectivity index (χ2n) is 6.94. The molecule has 7 heteroatoms. The standard InChI is InChI=1S/C19H30N2O3S2/c1-4-13-26(23,24)20-17-7-10-21(11-8-17)19(22)9-12-25-18-6-5-15(2)16(3)14-18/h5-6,14,17,20H,4,7-13H2,1-3H3. The van der Waals surface area contributed by atoms with Crippen LogP contribution in [0.5, 0.6) is 0 Å². The van der Waals surface area contributed by atoms with E-state index in [-0.39, 0.29) is 17.7 Å². The molecule has 0 bridgehead atoms. The fraction of sp³-hybridized carbons (Fsp3) is 0.632. The highest BCUT2D eigenvalue weighted by Crippen LogP contribution is 2.22. The molecule has 1 aliphatic heterocycles. The molecule has 26 heavy (non-hydrogen) atoms. The van der Waals surface area contributed by atoms with E-state index >= 15 is 0 Å². The zero-order chi connectivity index (χ0) is 19.2. The Morgan fingerprint density at radius 1 is 1.23 bits per heavy atom. The number of benzene rings is 1. The predicted molar refractivity (Wildman–Crippen MR) is 108 cm³/mol. The van der Waals surface area contributed by atoms with E-state index in [4.69, 9.17) is 0 Å². The van der Waals surface area contributed by atoms with Gasteiger partial charge in [-0.2, -0.15) is 0 Å². The minimum atomic E-state index is -3.18. The van der Waals surface area contributed by atoms with Gasteiger partial charge < -0.3 is 4.90 Å². The Morgan fingerprint density at radius 3 is 2.54 bits per heavy atom. The zero-order valence-electron chi connectivity index (χ0n) is 16.0. The minimum Gasteiger partial charge on any atom is -0.343 e. The highest BCUT2D eigenvalue weighted by Gasteiger charge is 2.25. The number of aryl methyl sites for hydroxylation is 2. The van der Waals surface area contributed by atoms with Crippen molar-refractivity contribution in [1.82, 2.24) is 9.62 Å². The molecule has 5 nitrogen and oxygen atoms in total. The molecule has 0 atom stereocenters. The van der Waals surface area contributed by atoms with Gasteiger partial charge in [-0.15, -0.1) is 11.8 Å². The van der Waals surface area contributed by atoms with E-state index < -0.39 is 10.0 Å². The zero-order valence-corrected chi connectivity index (χ0v) is 17.6. The first kappa shape index (κ1) is 21.3. The highest BCUT2D eigenvalue weighted by atomic mass is 32.2. The maximum atomic E-state index is 12.4. The van der Waals surface area contributed by atoms with Crippen LogP contribution < -0.4 is 4.72 Å². The Bertz CT molecular complexity index is 711. The molecule has 0 saturated carbocycles. The number of carbonyl (C=O) groups is 1. The van der Waals surface area contributed by atoms with Crippen LogP contribution in [-0.2, 0) is 14.8 Å². The molecule has 1 aliphatic rings. The van der Waals surface area contributed by atoms with Gasteiger partial charge in [0.2, 0.25) is 15.9 Å². The predicted octanol–water partition coefficient (Wildman–Crippen LogP) is 3.11. The summed E-state index contributed by atoms with van der Waals surface area (Å²) >= 11 is 1.71. The first-order valence-electron chi connectivity index (χ1n) is 9.28. The van der Waals surface area contributed by atoms with E-state index in [9.17, 15) is 13.2 Å². The third-order valence-corrected chi connectivity index (χ3v) is 7.36. The summed E-state index contributed by atoms with van der Waals surface area (Å²) in [4.78, 5) is 15.4. The molecule has 1 aromatic carbocycles. The van der Waals surface area contributed by atoms with Crippen LogP contribution in [-0.4, -0.2) is 49.9 Å². The number of thioether (sulfide) groups is 1. The van der Waals surface area contributed by atoms with Crippen molar-refractivity contribution in [2.45, 2.75) is 57.4 Å². The van der Waals surface area contributed by atoms with Crippen LogP contribution in [0.25, 0.3) is 0 Å². The van der Waals surface area contributed by atoms with Gasteiger partial charge in [-0.3, -0.25) is 4.79 Å². The highest BCUT2D eigenvalue weighted by molar-refractivity contribution is 7.99. The summed E-state index contributed by atoms with van der Waals surface area (Å²) in [5, 5.41) is 0. The van der Waals surface area contributed by atoms with Gasteiger partial charge >= 0.3 is 0 Å². The molecule has 0 aliphatic carbocycles. The van der Waals surface area contributed by atoms with Crippen molar-refractivity contribution < 1.29 is 13.2 Å². The number of hydrogen-bond acceptors (Lipinski definition) is 4. The fourth-order valence-electron chi connectivity index (χ4n) is 3.05. The van der Waals surface area contributed by atoms with Crippen molar-refractivity contribution in [3.63, 3.8) is 0 Å². The van der Waals surface area contributed by atoms with Gasteiger partial charge in [0.15, 0.2) is 0 Å². The average molecular weight is 399 g/mol. The first-order valence-corrected chi connectivity index (χ1v) is 11.9. The summed E-state index contributed by atoms with van der Waals surface area (Å²) in [5.74, 6) is 1.10. The van der Waals surface area contributed by atoms with Crippen LogP contribution in [0.1, 0.15) is 43.7 Å². The van der Waals surface area contributed by atoms with Crippen LogP contribution in [0.4, 0.5) is 0 Å². The second-order valence-corrected chi connectivity index (χ2v) is 9.98. The van der Waals surface area contributed by atoms with Gasteiger partial charge in [0, 0.05) is 36.2 Å². The van der Waals surface area contributed by atoms with Gasteiger partial charge in [-0.1, -0.05) is 13.0 Å². The molecule has 0 unspecified atom stereocenters. The summed E-state index contributed by atoms with van der Waals surface area (Å²) < 4.78 is 26.4. The van der Waals surface area contributed by atoms with E-state index in [0.29, 0.717) is 38.8 Å². The number of carbonyl (C=O) groups excluding carboxylic acids is 1. The van der Waals surface area contributed by atoms with E-state index in [1.54, 1.807) is 11.8 Å². The molecule has 0 aromatic heterocycles. The Hall–Kier alpha value is -1.05. The van der Waals surface area contributed by atoms with Crippen LogP contribution in [0, 0.1) is 13.8 Å². The number of rotatable bonds is 8. The molecular formula is C19H30N2O3S2. The number of sulfonamides is 1. The third-order valence-electron chi connectivity index (χ3n) is 4.73. The van der Waals surface area contributed by atoms with Crippen LogP contribution >= 0.6 is 11.8 Å². The topological polar surface area (TPSA) is 66.5 Å². The van der Waals surface area contributed by atoms with Crippen molar-refractivity contribution in [2.24, 2.45) is 0 Å². The van der Waals surface area contributed by atoms with Crippen molar-refractivity contribution in [1.29, 1.82) is 0 Å². The van der Waals surface area contributed by atoms with Crippen LogP contribution in [0.15, 0.2) is 23.1 Å². The maximum absolute atomic E-state index is 12.4. The smallest absolute Gasteiger partial charge is 0.223 e. The van der Waals surface area contributed by atoms with Gasteiger partial charge in [0.25, 0.3) is 0 Å². The van der Waals surface area contributed by atoms with E-state index in [0.717, 1.165) is 5.75 Å². The molecule has 1 saturated heterocycles. The molecule has 1 N–H and O–H groups in total. The molecule has 0 spiro atoms. The molecule has 0 radical (unpaired) electrons. The van der Waals surface area contributed by atoms with Gasteiger partial charge in [0.1, 0.15) is 0 Å². The van der Waals surface area contributed by atoms with E-state index in [2.05, 4.69) is 36.8 Å². The molecule has 2 rings (SSSR count). The maximum Gasteiger partial charge on any atom is 0.223 e. The monoisotopic (exact) mass is 398 g/mol. The lowest BCUT2D eigenvalue weighted by Crippen LogP contribution is -2.47. The average Bonchev–Trinajstić information content (AvgIpc) is 2.58. The van der Waals surface area contributed by atoms with Gasteiger partial charge in [0.05, 0.1) is 5.75 Å². The van der Waals surface area contributed by atoms with Crippen molar-refractivity contribution in [3.05, 3.63) is 29.3 Å². The van der Waals surface area contributed by atoms with Crippen molar-refractivity contribution >= 4 is 27.7 Å². The lowest BCUT2D eigenvalue weighted by Gasteiger charge is -2.32. The quantitative estimate of drug-likeness (QED) is 0.683. The second kappa shape index (κ2) is 9.76. The number of likely N-dealkylation sites (tertiary alicyclic amines) is 1. The number of amides is 1. The number of hydrogen-bond donors (Lipinski definition) is 1. The fourth-order valence-corrected chi connectivity index (χ4v) is 5.38. The van der Waals surface area contributed by atoms with Gasteiger partial charge in [-0.05, 0) is 56.4 Å².